The number of amides is 2. The largest absolute Gasteiger partial charge is 0.496 e. The van der Waals surface area contributed by atoms with Crippen LogP contribution in [0, 0.1) is 5.92 Å². The Labute approximate surface area is 214 Å². The predicted octanol–water partition coefficient (Wildman–Crippen LogP) is 4.56. The average Bonchev–Trinajstić information content (AvgIpc) is 3.64. The topological polar surface area (TPSA) is 66.2 Å². The van der Waals surface area contributed by atoms with Gasteiger partial charge in [-0.25, -0.2) is 0 Å². The summed E-state index contributed by atoms with van der Waals surface area (Å²) in [6, 6.07) is 11.3. The van der Waals surface area contributed by atoms with E-state index in [1.807, 2.05) is 46.2 Å². The molecule has 0 bridgehead atoms. The summed E-state index contributed by atoms with van der Waals surface area (Å²) in [4.78, 5) is 31.9. The molecule has 1 aromatic carbocycles. The van der Waals surface area contributed by atoms with Gasteiger partial charge in [0.2, 0.25) is 5.91 Å². The smallest absolute Gasteiger partial charge is 0.289 e. The monoisotopic (exact) mass is 493 g/mol. The highest BCUT2D eigenvalue weighted by molar-refractivity contribution is 5.91. The number of hydrogen-bond acceptors (Lipinski definition) is 5. The number of piperazine rings is 1. The Bertz CT molecular complexity index is 990. The Balaban J connectivity index is 1.27. The van der Waals surface area contributed by atoms with Gasteiger partial charge in [-0.15, -0.1) is 0 Å². The van der Waals surface area contributed by atoms with Crippen LogP contribution in [0.1, 0.15) is 54.6 Å². The van der Waals surface area contributed by atoms with Gasteiger partial charge < -0.3 is 19.0 Å². The fourth-order valence-electron chi connectivity index (χ4n) is 5.21. The molecular weight excluding hydrogens is 454 g/mol. The highest BCUT2D eigenvalue weighted by Crippen LogP contribution is 2.28. The average molecular weight is 494 g/mol. The minimum absolute atomic E-state index is 0.120. The molecule has 1 saturated carbocycles. The van der Waals surface area contributed by atoms with Gasteiger partial charge in [0.05, 0.1) is 13.4 Å². The second-order valence-electron chi connectivity index (χ2n) is 9.78. The Morgan fingerprint density at radius 3 is 2.58 bits per heavy atom. The summed E-state index contributed by atoms with van der Waals surface area (Å²) in [7, 11) is 1.66. The lowest BCUT2D eigenvalue weighted by atomic mass is 10.0. The Hall–Kier alpha value is -3.06. The maximum atomic E-state index is 13.1. The van der Waals surface area contributed by atoms with E-state index in [1.165, 1.54) is 31.9 Å². The molecule has 0 radical (unpaired) electrons. The van der Waals surface area contributed by atoms with Crippen LogP contribution in [0.5, 0.6) is 5.75 Å². The van der Waals surface area contributed by atoms with Crippen molar-refractivity contribution in [1.82, 2.24) is 14.7 Å². The molecule has 7 nitrogen and oxygen atoms in total. The van der Waals surface area contributed by atoms with Crippen LogP contribution in [0.3, 0.4) is 0 Å². The summed E-state index contributed by atoms with van der Waals surface area (Å²) in [6.45, 7) is 5.04. The van der Waals surface area contributed by atoms with E-state index >= 15 is 0 Å². The van der Waals surface area contributed by atoms with Crippen LogP contribution in [0.4, 0.5) is 0 Å². The first kappa shape index (κ1) is 26.0. The fraction of sp³-hybridized carbons (Fsp3) is 0.517. The molecule has 2 aliphatic rings. The summed E-state index contributed by atoms with van der Waals surface area (Å²) in [5, 5.41) is 0. The Morgan fingerprint density at radius 1 is 1.08 bits per heavy atom. The van der Waals surface area contributed by atoms with Gasteiger partial charge in [-0.2, -0.15) is 0 Å². The van der Waals surface area contributed by atoms with Crippen molar-refractivity contribution in [2.45, 2.75) is 38.5 Å². The van der Waals surface area contributed by atoms with Crippen molar-refractivity contribution >= 4 is 17.9 Å². The molecule has 0 unspecified atom stereocenters. The minimum Gasteiger partial charge on any atom is -0.496 e. The molecule has 2 amide bonds. The van der Waals surface area contributed by atoms with E-state index in [0.717, 1.165) is 56.4 Å². The molecule has 0 N–H and O–H groups in total. The number of para-hydroxylation sites is 1. The quantitative estimate of drug-likeness (QED) is 0.459. The van der Waals surface area contributed by atoms with Crippen molar-refractivity contribution in [2.24, 2.45) is 5.92 Å². The molecule has 1 aromatic heterocycles. The maximum absolute atomic E-state index is 13.1. The van der Waals surface area contributed by atoms with Gasteiger partial charge in [-0.05, 0) is 30.5 Å². The zero-order valence-corrected chi connectivity index (χ0v) is 21.4. The molecule has 1 aliphatic carbocycles. The van der Waals surface area contributed by atoms with Crippen LogP contribution in [0.25, 0.3) is 6.08 Å². The second kappa shape index (κ2) is 13.3. The molecule has 1 aliphatic heterocycles. The molecule has 2 aromatic rings. The predicted molar refractivity (Wildman–Crippen MR) is 141 cm³/mol. The van der Waals surface area contributed by atoms with Crippen molar-refractivity contribution in [2.75, 3.05) is 52.9 Å². The Morgan fingerprint density at radius 2 is 1.86 bits per heavy atom. The number of methoxy groups -OCH3 is 1. The van der Waals surface area contributed by atoms with Gasteiger partial charge in [-0.1, -0.05) is 56.0 Å². The van der Waals surface area contributed by atoms with E-state index < -0.39 is 0 Å². The molecule has 36 heavy (non-hydrogen) atoms. The molecule has 7 heteroatoms. The SMILES string of the molecule is COc1ccccc1/C=C/CN(CCN1CCN(C(=O)CCC2CCCC2)CC1)C(=O)c1ccco1. The summed E-state index contributed by atoms with van der Waals surface area (Å²) in [5.41, 5.74) is 0.971. The molecule has 1 saturated heterocycles. The van der Waals surface area contributed by atoms with E-state index in [2.05, 4.69) is 4.90 Å². The number of ether oxygens (including phenoxy) is 1. The van der Waals surface area contributed by atoms with Gasteiger partial charge in [0, 0.05) is 57.8 Å². The van der Waals surface area contributed by atoms with Crippen LogP contribution in [-0.4, -0.2) is 79.4 Å². The molecule has 0 spiro atoms. The lowest BCUT2D eigenvalue weighted by Gasteiger charge is -2.36. The lowest BCUT2D eigenvalue weighted by Crippen LogP contribution is -2.50. The van der Waals surface area contributed by atoms with Crippen LogP contribution >= 0.6 is 0 Å². The molecule has 2 fully saturated rings. The number of nitrogens with zero attached hydrogens (tertiary/aromatic N) is 3. The molecule has 194 valence electrons. The number of carbonyl (C=O) groups is 2. The molecule has 4 rings (SSSR count). The number of hydrogen-bond donors (Lipinski definition) is 0. The number of carbonyl (C=O) groups excluding carboxylic acids is 2. The first-order valence-corrected chi connectivity index (χ1v) is 13.3. The van der Waals surface area contributed by atoms with Crippen LogP contribution in [0.2, 0.25) is 0 Å². The van der Waals surface area contributed by atoms with E-state index in [1.54, 1.807) is 19.2 Å². The third-order valence-corrected chi connectivity index (χ3v) is 7.43. The van der Waals surface area contributed by atoms with Crippen molar-refractivity contribution in [3.63, 3.8) is 0 Å². The summed E-state index contributed by atoms with van der Waals surface area (Å²) >= 11 is 0. The van der Waals surface area contributed by atoms with Crippen molar-refractivity contribution in [3.05, 3.63) is 60.1 Å². The van der Waals surface area contributed by atoms with Crippen LogP contribution in [-0.2, 0) is 4.79 Å². The van der Waals surface area contributed by atoms with Crippen LogP contribution < -0.4 is 4.74 Å². The van der Waals surface area contributed by atoms with Gasteiger partial charge in [0.1, 0.15) is 5.75 Å². The highest BCUT2D eigenvalue weighted by Gasteiger charge is 2.24. The standard InChI is InChI=1S/C29H39N3O4/c1-35-26-12-5-4-10-25(26)11-6-16-32(29(34)27-13-7-23-36-27)22-19-30-17-20-31(21-18-30)28(33)15-14-24-8-2-3-9-24/h4-7,10-13,23-24H,2-3,8-9,14-22H2,1H3/b11-6+. The third kappa shape index (κ3) is 7.23. The fourth-order valence-corrected chi connectivity index (χ4v) is 5.21. The molecule has 0 atom stereocenters. The first-order chi connectivity index (χ1) is 17.6. The zero-order chi connectivity index (χ0) is 25.2. The zero-order valence-electron chi connectivity index (χ0n) is 21.4. The van der Waals surface area contributed by atoms with E-state index in [9.17, 15) is 9.59 Å². The van der Waals surface area contributed by atoms with E-state index in [4.69, 9.17) is 9.15 Å². The van der Waals surface area contributed by atoms with E-state index in [0.29, 0.717) is 31.2 Å². The lowest BCUT2D eigenvalue weighted by molar-refractivity contribution is -0.133. The first-order valence-electron chi connectivity index (χ1n) is 13.3. The molecular formula is C29H39N3O4. The van der Waals surface area contributed by atoms with E-state index in [-0.39, 0.29) is 5.91 Å². The van der Waals surface area contributed by atoms with Crippen LogP contribution in [0.15, 0.2) is 53.2 Å². The summed E-state index contributed by atoms with van der Waals surface area (Å²) in [5.74, 6) is 2.08. The van der Waals surface area contributed by atoms with Gasteiger partial charge in [0.25, 0.3) is 5.91 Å². The summed E-state index contributed by atoms with van der Waals surface area (Å²) < 4.78 is 10.8. The normalized spacial score (nSPS) is 17.1. The number of furan rings is 1. The second-order valence-corrected chi connectivity index (χ2v) is 9.78. The van der Waals surface area contributed by atoms with Gasteiger partial charge >= 0.3 is 0 Å². The number of rotatable bonds is 11. The van der Waals surface area contributed by atoms with Crippen molar-refractivity contribution in [3.8, 4) is 5.75 Å². The van der Waals surface area contributed by atoms with Crippen molar-refractivity contribution < 1.29 is 18.7 Å². The number of benzene rings is 1. The summed E-state index contributed by atoms with van der Waals surface area (Å²) in [6.07, 6.45) is 12.5. The minimum atomic E-state index is -0.120. The third-order valence-electron chi connectivity index (χ3n) is 7.43. The van der Waals surface area contributed by atoms with Gasteiger partial charge in [0.15, 0.2) is 5.76 Å². The maximum Gasteiger partial charge on any atom is 0.289 e. The van der Waals surface area contributed by atoms with Crippen molar-refractivity contribution in [1.29, 1.82) is 0 Å². The molecule has 2 heterocycles. The highest BCUT2D eigenvalue weighted by atomic mass is 16.5. The van der Waals surface area contributed by atoms with Gasteiger partial charge in [-0.3, -0.25) is 14.5 Å². The Kier molecular flexibility index (Phi) is 9.61.